The summed E-state index contributed by atoms with van der Waals surface area (Å²) in [6.45, 7) is 11.4. The molecule has 0 saturated carbocycles. The first kappa shape index (κ1) is 25.1. The number of primary sulfonamides is 1. The molecule has 2 amide bonds. The fourth-order valence-electron chi connectivity index (χ4n) is 2.72. The number of rotatable bonds is 11. The van der Waals surface area contributed by atoms with Crippen LogP contribution in [0.15, 0.2) is 29.2 Å². The van der Waals surface area contributed by atoms with Gasteiger partial charge in [-0.2, -0.15) is 0 Å². The van der Waals surface area contributed by atoms with Gasteiger partial charge in [0.15, 0.2) is 13.1 Å². The van der Waals surface area contributed by atoms with E-state index in [9.17, 15) is 18.0 Å². The van der Waals surface area contributed by atoms with Crippen LogP contribution < -0.4 is 20.7 Å². The van der Waals surface area contributed by atoms with E-state index < -0.39 is 10.0 Å². The molecule has 0 bridgehead atoms. The van der Waals surface area contributed by atoms with Gasteiger partial charge in [-0.15, -0.1) is 0 Å². The van der Waals surface area contributed by atoms with Crippen LogP contribution in [0.1, 0.15) is 46.2 Å². The lowest BCUT2D eigenvalue weighted by Gasteiger charge is -2.26. The summed E-state index contributed by atoms with van der Waals surface area (Å²) in [6.07, 6.45) is 0. The molecule has 1 aromatic carbocycles. The third-order valence-electron chi connectivity index (χ3n) is 4.51. The molecule has 0 spiro atoms. The standard InChI is InChI=1S/C20H34N4O4S/c1-14(2)10-22-19(25)12-24(13-20(26)23-11-15(3)4)16(5)17-6-8-18(9-7-17)29(21,27)28/h6-9,14-16H,10-13H2,1-5H3,(H,22,25)(H,23,26)(H2,21,27,28)/p+1/t16-/m1/s1. The van der Waals surface area contributed by atoms with E-state index in [1.54, 1.807) is 12.1 Å². The van der Waals surface area contributed by atoms with Crippen molar-refractivity contribution in [3.05, 3.63) is 29.8 Å². The Kier molecular flexibility index (Phi) is 9.75. The van der Waals surface area contributed by atoms with Crippen LogP contribution in [-0.2, 0) is 19.6 Å². The predicted molar refractivity (Wildman–Crippen MR) is 113 cm³/mol. The Labute approximate surface area is 174 Å². The molecule has 5 N–H and O–H groups in total. The van der Waals surface area contributed by atoms with E-state index in [1.807, 2.05) is 34.6 Å². The molecule has 0 saturated heterocycles. The van der Waals surface area contributed by atoms with Gasteiger partial charge in [0.05, 0.1) is 4.90 Å². The predicted octanol–water partition coefficient (Wildman–Crippen LogP) is -0.176. The lowest BCUT2D eigenvalue weighted by molar-refractivity contribution is -0.914. The van der Waals surface area contributed by atoms with Crippen LogP contribution in [0.3, 0.4) is 0 Å². The van der Waals surface area contributed by atoms with Gasteiger partial charge in [0, 0.05) is 18.7 Å². The zero-order chi connectivity index (χ0) is 22.2. The lowest BCUT2D eigenvalue weighted by Crippen LogP contribution is -3.14. The first-order valence-corrected chi connectivity index (χ1v) is 11.5. The highest BCUT2D eigenvalue weighted by Crippen LogP contribution is 2.13. The van der Waals surface area contributed by atoms with Crippen LogP contribution in [0.4, 0.5) is 0 Å². The van der Waals surface area contributed by atoms with Crippen LogP contribution in [-0.4, -0.2) is 46.4 Å². The first-order valence-electron chi connectivity index (χ1n) is 9.90. The molecule has 0 fully saturated rings. The Bertz CT molecular complexity index is 750. The third-order valence-corrected chi connectivity index (χ3v) is 5.44. The molecule has 0 aliphatic heterocycles. The summed E-state index contributed by atoms with van der Waals surface area (Å²) in [4.78, 5) is 25.5. The Balaban J connectivity index is 2.95. The topological polar surface area (TPSA) is 123 Å². The van der Waals surface area contributed by atoms with Gasteiger partial charge in [-0.1, -0.05) is 39.8 Å². The number of amides is 2. The fourth-order valence-corrected chi connectivity index (χ4v) is 3.24. The van der Waals surface area contributed by atoms with E-state index in [-0.39, 0.29) is 35.8 Å². The summed E-state index contributed by atoms with van der Waals surface area (Å²) in [5.74, 6) is 0.413. The van der Waals surface area contributed by atoms with Gasteiger partial charge in [-0.05, 0) is 30.9 Å². The molecule has 1 aromatic rings. The second-order valence-electron chi connectivity index (χ2n) is 8.24. The van der Waals surface area contributed by atoms with Crippen molar-refractivity contribution in [2.45, 2.75) is 45.6 Å². The maximum absolute atomic E-state index is 12.4. The molecule has 0 radical (unpaired) electrons. The third kappa shape index (κ3) is 9.38. The van der Waals surface area contributed by atoms with Gasteiger partial charge in [0.2, 0.25) is 10.0 Å². The van der Waals surface area contributed by atoms with E-state index >= 15 is 0 Å². The van der Waals surface area contributed by atoms with E-state index in [4.69, 9.17) is 5.14 Å². The van der Waals surface area contributed by atoms with Crippen LogP contribution in [0.2, 0.25) is 0 Å². The van der Waals surface area contributed by atoms with Crippen molar-refractivity contribution in [1.29, 1.82) is 0 Å². The van der Waals surface area contributed by atoms with Crippen molar-refractivity contribution >= 4 is 21.8 Å². The Morgan fingerprint density at radius 1 is 0.897 bits per heavy atom. The average Bonchev–Trinajstić information content (AvgIpc) is 2.63. The van der Waals surface area contributed by atoms with Crippen molar-refractivity contribution in [2.24, 2.45) is 17.0 Å². The minimum atomic E-state index is -3.77. The molecule has 0 aromatic heterocycles. The average molecular weight is 428 g/mol. The van der Waals surface area contributed by atoms with Crippen LogP contribution >= 0.6 is 0 Å². The minimum absolute atomic E-state index is 0.0272. The van der Waals surface area contributed by atoms with Crippen molar-refractivity contribution in [3.63, 3.8) is 0 Å². The number of nitrogens with two attached hydrogens (primary N) is 1. The number of carbonyl (C=O) groups excluding carboxylic acids is 2. The quantitative estimate of drug-likeness (QED) is 0.391. The van der Waals surface area contributed by atoms with Crippen LogP contribution in [0.5, 0.6) is 0 Å². The number of hydrogen-bond donors (Lipinski definition) is 4. The van der Waals surface area contributed by atoms with Crippen molar-refractivity contribution in [2.75, 3.05) is 26.2 Å². The van der Waals surface area contributed by atoms with Gasteiger partial charge < -0.3 is 15.5 Å². The maximum Gasteiger partial charge on any atom is 0.275 e. The van der Waals surface area contributed by atoms with Crippen molar-refractivity contribution < 1.29 is 22.9 Å². The summed E-state index contributed by atoms with van der Waals surface area (Å²) in [5.41, 5.74) is 0.820. The largest absolute Gasteiger partial charge is 0.351 e. The highest BCUT2D eigenvalue weighted by atomic mass is 32.2. The number of nitrogens with one attached hydrogen (secondary N) is 3. The number of sulfonamides is 1. The number of quaternary nitrogens is 1. The normalized spacial score (nSPS) is 13.0. The minimum Gasteiger partial charge on any atom is -0.351 e. The van der Waals surface area contributed by atoms with E-state index in [0.29, 0.717) is 24.9 Å². The molecule has 1 rings (SSSR count). The maximum atomic E-state index is 12.4. The summed E-state index contributed by atoms with van der Waals surface area (Å²) < 4.78 is 22.9. The first-order chi connectivity index (χ1) is 13.4. The highest BCUT2D eigenvalue weighted by molar-refractivity contribution is 7.89. The SMILES string of the molecule is CC(C)CNC(=O)C[NH+](CC(=O)NCC(C)C)[C@H](C)c1ccc(S(N)(=O)=O)cc1. The zero-order valence-corrected chi connectivity index (χ0v) is 18.8. The number of carbonyl (C=O) groups is 2. The van der Waals surface area contributed by atoms with Gasteiger partial charge in [-0.3, -0.25) is 9.59 Å². The molecule has 164 valence electrons. The Hall–Kier alpha value is -1.97. The van der Waals surface area contributed by atoms with Crippen LogP contribution in [0.25, 0.3) is 0 Å². The summed E-state index contributed by atoms with van der Waals surface area (Å²) in [6, 6.07) is 6.02. The lowest BCUT2D eigenvalue weighted by atomic mass is 10.1. The van der Waals surface area contributed by atoms with Crippen LogP contribution in [0, 0.1) is 11.8 Å². The second kappa shape index (κ2) is 11.3. The Morgan fingerprint density at radius 3 is 1.66 bits per heavy atom. The molecule has 0 heterocycles. The summed E-state index contributed by atoms with van der Waals surface area (Å²) in [5, 5.41) is 10.9. The zero-order valence-electron chi connectivity index (χ0n) is 18.0. The van der Waals surface area contributed by atoms with Gasteiger partial charge in [0.25, 0.3) is 11.8 Å². The van der Waals surface area contributed by atoms with Gasteiger partial charge >= 0.3 is 0 Å². The van der Waals surface area contributed by atoms with E-state index in [0.717, 1.165) is 10.5 Å². The monoisotopic (exact) mass is 427 g/mol. The summed E-state index contributed by atoms with van der Waals surface area (Å²) in [7, 11) is -3.77. The molecular formula is C20H35N4O4S+. The fraction of sp³-hybridized carbons (Fsp3) is 0.600. The van der Waals surface area contributed by atoms with Crippen molar-refractivity contribution in [1.82, 2.24) is 10.6 Å². The second-order valence-corrected chi connectivity index (χ2v) is 9.80. The van der Waals surface area contributed by atoms with E-state index in [1.165, 1.54) is 12.1 Å². The molecule has 0 aliphatic carbocycles. The molecule has 8 nitrogen and oxygen atoms in total. The molecule has 0 aliphatic rings. The smallest absolute Gasteiger partial charge is 0.275 e. The molecular weight excluding hydrogens is 392 g/mol. The number of hydrogen-bond acceptors (Lipinski definition) is 4. The molecule has 9 heteroatoms. The van der Waals surface area contributed by atoms with E-state index in [2.05, 4.69) is 10.6 Å². The molecule has 0 unspecified atom stereocenters. The Morgan fingerprint density at radius 2 is 1.31 bits per heavy atom. The number of benzene rings is 1. The molecule has 1 atom stereocenters. The summed E-state index contributed by atoms with van der Waals surface area (Å²) >= 11 is 0. The van der Waals surface area contributed by atoms with Gasteiger partial charge in [-0.25, -0.2) is 13.6 Å². The highest BCUT2D eigenvalue weighted by Gasteiger charge is 2.25. The van der Waals surface area contributed by atoms with Crippen molar-refractivity contribution in [3.8, 4) is 0 Å². The van der Waals surface area contributed by atoms with Gasteiger partial charge in [0.1, 0.15) is 6.04 Å². The molecule has 29 heavy (non-hydrogen) atoms.